The lowest BCUT2D eigenvalue weighted by Gasteiger charge is -2.22. The zero-order valence-electron chi connectivity index (χ0n) is 12.5. The van der Waals surface area contributed by atoms with Crippen LogP contribution in [-0.2, 0) is 5.41 Å². The fourth-order valence-electron chi connectivity index (χ4n) is 2.28. The molecule has 0 heterocycles. The van der Waals surface area contributed by atoms with Crippen molar-refractivity contribution in [3.05, 3.63) is 70.0 Å². The predicted molar refractivity (Wildman–Crippen MR) is 85.7 cm³/mol. The van der Waals surface area contributed by atoms with Crippen LogP contribution in [0.25, 0.3) is 0 Å². The Kier molecular flexibility index (Phi) is 4.67. The Hall–Kier alpha value is -1.42. The second-order valence-corrected chi connectivity index (χ2v) is 6.52. The zero-order valence-corrected chi connectivity index (χ0v) is 13.2. The summed E-state index contributed by atoms with van der Waals surface area (Å²) in [7, 11) is 0. The largest absolute Gasteiger partial charge is 0.271 e. The molecule has 0 aliphatic carbocycles. The van der Waals surface area contributed by atoms with Gasteiger partial charge in [0.05, 0.1) is 11.1 Å². The minimum absolute atomic E-state index is 0.0749. The average Bonchev–Trinajstić information content (AvgIpc) is 2.44. The van der Waals surface area contributed by atoms with Gasteiger partial charge in [-0.1, -0.05) is 68.8 Å². The molecular formula is C17H20ClFN2. The molecule has 2 aromatic rings. The van der Waals surface area contributed by atoms with Crippen LogP contribution in [0.4, 0.5) is 4.39 Å². The first-order chi connectivity index (χ1) is 9.84. The highest BCUT2D eigenvalue weighted by Gasteiger charge is 2.19. The number of hydrogen-bond donors (Lipinski definition) is 2. The minimum atomic E-state index is -0.443. The average molecular weight is 307 g/mol. The number of nitrogens with one attached hydrogen (secondary N) is 1. The molecule has 0 saturated carbocycles. The molecule has 0 aliphatic rings. The van der Waals surface area contributed by atoms with E-state index in [1.807, 2.05) is 24.3 Å². The van der Waals surface area contributed by atoms with E-state index in [0.29, 0.717) is 5.56 Å². The molecule has 0 radical (unpaired) electrons. The van der Waals surface area contributed by atoms with E-state index in [-0.39, 0.29) is 10.4 Å². The fraction of sp³-hybridized carbons (Fsp3) is 0.294. The molecule has 0 fully saturated rings. The molecule has 4 heteroatoms. The van der Waals surface area contributed by atoms with E-state index in [0.717, 1.165) is 5.56 Å². The van der Waals surface area contributed by atoms with Crippen LogP contribution in [0.5, 0.6) is 0 Å². The van der Waals surface area contributed by atoms with E-state index >= 15 is 0 Å². The summed E-state index contributed by atoms with van der Waals surface area (Å²) in [5.41, 5.74) is 5.29. The first kappa shape index (κ1) is 16.0. The number of hydrogen-bond acceptors (Lipinski definition) is 2. The lowest BCUT2D eigenvalue weighted by molar-refractivity contribution is 0.559. The molecule has 0 saturated heterocycles. The lowest BCUT2D eigenvalue weighted by Crippen LogP contribution is -2.29. The minimum Gasteiger partial charge on any atom is -0.271 e. The highest BCUT2D eigenvalue weighted by Crippen LogP contribution is 2.29. The van der Waals surface area contributed by atoms with Crippen LogP contribution in [0.3, 0.4) is 0 Å². The van der Waals surface area contributed by atoms with E-state index in [9.17, 15) is 4.39 Å². The normalized spacial score (nSPS) is 13.2. The smallest absolute Gasteiger partial charge is 0.146 e. The van der Waals surface area contributed by atoms with Gasteiger partial charge in [0, 0.05) is 5.56 Å². The highest BCUT2D eigenvalue weighted by molar-refractivity contribution is 6.30. The molecule has 112 valence electrons. The molecule has 0 amide bonds. The second kappa shape index (κ2) is 6.14. The van der Waals surface area contributed by atoms with Gasteiger partial charge < -0.3 is 0 Å². The summed E-state index contributed by atoms with van der Waals surface area (Å²) >= 11 is 5.84. The number of hydrazine groups is 1. The van der Waals surface area contributed by atoms with Gasteiger partial charge in [0.15, 0.2) is 0 Å². The Morgan fingerprint density at radius 1 is 1.10 bits per heavy atom. The van der Waals surface area contributed by atoms with E-state index in [1.165, 1.54) is 11.6 Å². The molecule has 0 bridgehead atoms. The van der Waals surface area contributed by atoms with Crippen molar-refractivity contribution in [2.24, 2.45) is 5.84 Å². The predicted octanol–water partition coefficient (Wildman–Crippen LogP) is 4.33. The molecule has 0 aliphatic heterocycles. The number of rotatable bonds is 3. The third kappa shape index (κ3) is 3.43. The SMILES string of the molecule is CC(C)(C)c1ccc(C(NN)c2cccc(Cl)c2F)cc1. The third-order valence-electron chi connectivity index (χ3n) is 3.57. The first-order valence-corrected chi connectivity index (χ1v) is 7.23. The summed E-state index contributed by atoms with van der Waals surface area (Å²) in [5, 5.41) is 0.0964. The molecule has 3 N–H and O–H groups in total. The number of halogens is 2. The zero-order chi connectivity index (χ0) is 15.6. The Bertz CT molecular complexity index is 618. The van der Waals surface area contributed by atoms with Crippen molar-refractivity contribution in [2.45, 2.75) is 32.2 Å². The van der Waals surface area contributed by atoms with Gasteiger partial charge in [-0.05, 0) is 22.6 Å². The van der Waals surface area contributed by atoms with Crippen molar-refractivity contribution in [2.75, 3.05) is 0 Å². The van der Waals surface area contributed by atoms with Gasteiger partial charge in [-0.15, -0.1) is 0 Å². The quantitative estimate of drug-likeness (QED) is 0.654. The molecule has 0 aromatic heterocycles. The Morgan fingerprint density at radius 2 is 1.71 bits per heavy atom. The van der Waals surface area contributed by atoms with Crippen LogP contribution in [-0.4, -0.2) is 0 Å². The van der Waals surface area contributed by atoms with Crippen molar-refractivity contribution < 1.29 is 4.39 Å². The van der Waals surface area contributed by atoms with Gasteiger partial charge in [-0.3, -0.25) is 5.84 Å². The summed E-state index contributed by atoms with van der Waals surface area (Å²) in [6.45, 7) is 6.45. The van der Waals surface area contributed by atoms with Crippen LogP contribution in [0.15, 0.2) is 42.5 Å². The standard InChI is InChI=1S/C17H20ClFN2/c1-17(2,3)12-9-7-11(8-10-12)16(21-20)13-5-4-6-14(18)15(13)19/h4-10,16,21H,20H2,1-3H3. The van der Waals surface area contributed by atoms with Crippen molar-refractivity contribution in [3.8, 4) is 0 Å². The maximum absolute atomic E-state index is 14.2. The summed E-state index contributed by atoms with van der Waals surface area (Å²) in [4.78, 5) is 0. The van der Waals surface area contributed by atoms with E-state index in [1.54, 1.807) is 12.1 Å². The van der Waals surface area contributed by atoms with Crippen LogP contribution in [0.2, 0.25) is 5.02 Å². The van der Waals surface area contributed by atoms with Crippen LogP contribution in [0.1, 0.15) is 43.5 Å². The Labute approximate surface area is 130 Å². The Balaban J connectivity index is 2.40. The van der Waals surface area contributed by atoms with Gasteiger partial charge in [-0.25, -0.2) is 9.82 Å². The fourth-order valence-corrected chi connectivity index (χ4v) is 2.47. The molecule has 2 nitrogen and oxygen atoms in total. The topological polar surface area (TPSA) is 38.0 Å². The molecule has 2 rings (SSSR count). The van der Waals surface area contributed by atoms with Crippen LogP contribution >= 0.6 is 11.6 Å². The molecule has 2 aromatic carbocycles. The summed E-state index contributed by atoms with van der Waals surface area (Å²) in [5.74, 6) is 5.18. The number of benzene rings is 2. The van der Waals surface area contributed by atoms with E-state index in [4.69, 9.17) is 17.4 Å². The van der Waals surface area contributed by atoms with Crippen molar-refractivity contribution in [1.82, 2.24) is 5.43 Å². The number of nitrogens with two attached hydrogens (primary N) is 1. The Morgan fingerprint density at radius 3 is 2.24 bits per heavy atom. The molecule has 0 spiro atoms. The third-order valence-corrected chi connectivity index (χ3v) is 3.86. The van der Waals surface area contributed by atoms with Crippen LogP contribution < -0.4 is 11.3 Å². The molecule has 21 heavy (non-hydrogen) atoms. The van der Waals surface area contributed by atoms with Crippen LogP contribution in [0, 0.1) is 5.82 Å². The summed E-state index contributed by atoms with van der Waals surface area (Å²) in [6, 6.07) is 12.5. The summed E-state index contributed by atoms with van der Waals surface area (Å²) in [6.07, 6.45) is 0. The lowest BCUT2D eigenvalue weighted by atomic mass is 9.86. The van der Waals surface area contributed by atoms with Gasteiger partial charge in [0.2, 0.25) is 0 Å². The monoisotopic (exact) mass is 306 g/mol. The van der Waals surface area contributed by atoms with Gasteiger partial charge in [-0.2, -0.15) is 0 Å². The molecule has 1 atom stereocenters. The second-order valence-electron chi connectivity index (χ2n) is 6.11. The van der Waals surface area contributed by atoms with E-state index in [2.05, 4.69) is 26.2 Å². The van der Waals surface area contributed by atoms with Crippen molar-refractivity contribution >= 4 is 11.6 Å². The van der Waals surface area contributed by atoms with Gasteiger partial charge in [0.25, 0.3) is 0 Å². The molecule has 1 unspecified atom stereocenters. The molecular weight excluding hydrogens is 287 g/mol. The highest BCUT2D eigenvalue weighted by atomic mass is 35.5. The van der Waals surface area contributed by atoms with Crippen molar-refractivity contribution in [1.29, 1.82) is 0 Å². The maximum atomic E-state index is 14.2. The van der Waals surface area contributed by atoms with Crippen molar-refractivity contribution in [3.63, 3.8) is 0 Å². The summed E-state index contributed by atoms with van der Waals surface area (Å²) < 4.78 is 14.2. The van der Waals surface area contributed by atoms with E-state index < -0.39 is 11.9 Å². The van der Waals surface area contributed by atoms with Gasteiger partial charge >= 0.3 is 0 Å². The first-order valence-electron chi connectivity index (χ1n) is 6.85. The maximum Gasteiger partial charge on any atom is 0.146 e. The van der Waals surface area contributed by atoms with Gasteiger partial charge in [0.1, 0.15) is 5.82 Å².